The van der Waals surface area contributed by atoms with E-state index in [2.05, 4.69) is 28.2 Å². The Morgan fingerprint density at radius 3 is 2.43 bits per heavy atom. The van der Waals surface area contributed by atoms with E-state index < -0.39 is 42.0 Å². The summed E-state index contributed by atoms with van der Waals surface area (Å²) in [5.74, 6) is -2.70. The molecule has 9 nitrogen and oxygen atoms in total. The van der Waals surface area contributed by atoms with Crippen molar-refractivity contribution < 1.29 is 24.6 Å². The number of carbonyl (C=O) groups is 3. The summed E-state index contributed by atoms with van der Waals surface area (Å²) in [5.41, 5.74) is 7.14. The van der Waals surface area contributed by atoms with E-state index in [4.69, 9.17) is 5.73 Å². The number of hydrogen-bond acceptors (Lipinski definition) is 6. The zero-order valence-electron chi connectivity index (χ0n) is 15.3. The van der Waals surface area contributed by atoms with Crippen LogP contribution in [0.25, 0.3) is 10.9 Å². The minimum atomic E-state index is -1.21. The average Bonchev–Trinajstić information content (AvgIpc) is 3.07. The molecular weight excluding hydrogens is 384 g/mol. The molecule has 10 heteroatoms. The van der Waals surface area contributed by atoms with Gasteiger partial charge < -0.3 is 31.6 Å². The fourth-order valence-corrected chi connectivity index (χ4v) is 2.93. The number of aliphatic hydroxyl groups excluding tert-OH is 1. The molecule has 2 rings (SSSR count). The maximum absolute atomic E-state index is 12.5. The standard InChI is InChI=1S/C18H24N4O5S/c1-9(23)15(19)17(25)22-14(8-28)16(24)21-13(18(26)27)6-10-7-20-12-5-3-2-4-11(10)12/h2-5,7,9,13-15,20,23,28H,6,8,19H2,1H3,(H,21,24)(H,22,25)(H,26,27). The molecule has 0 saturated carbocycles. The third kappa shape index (κ3) is 5.24. The average molecular weight is 408 g/mol. The Bertz CT molecular complexity index is 853. The Kier molecular flexibility index (Phi) is 7.44. The third-order valence-corrected chi connectivity index (χ3v) is 4.72. The first-order valence-corrected chi connectivity index (χ1v) is 9.31. The van der Waals surface area contributed by atoms with Gasteiger partial charge in [-0.25, -0.2) is 4.79 Å². The highest BCUT2D eigenvalue weighted by Gasteiger charge is 2.28. The number of carboxylic acid groups (broad SMARTS) is 1. The van der Waals surface area contributed by atoms with E-state index in [-0.39, 0.29) is 12.2 Å². The highest BCUT2D eigenvalue weighted by atomic mass is 32.1. The first-order chi connectivity index (χ1) is 13.2. The summed E-state index contributed by atoms with van der Waals surface area (Å²) >= 11 is 4.03. The molecule has 0 spiro atoms. The van der Waals surface area contributed by atoms with Gasteiger partial charge in [0, 0.05) is 29.3 Å². The molecule has 0 aliphatic rings. The van der Waals surface area contributed by atoms with Crippen molar-refractivity contribution in [2.24, 2.45) is 5.73 Å². The molecule has 1 aromatic carbocycles. The number of hydrogen-bond donors (Lipinski definition) is 7. The molecule has 0 bridgehead atoms. The lowest BCUT2D eigenvalue weighted by atomic mass is 10.0. The van der Waals surface area contributed by atoms with Crippen molar-refractivity contribution in [3.05, 3.63) is 36.0 Å². The number of rotatable bonds is 9. The molecule has 1 aromatic heterocycles. The Morgan fingerprint density at radius 1 is 1.18 bits per heavy atom. The van der Waals surface area contributed by atoms with Gasteiger partial charge in [0.05, 0.1) is 6.10 Å². The van der Waals surface area contributed by atoms with Crippen LogP contribution in [0.5, 0.6) is 0 Å². The van der Waals surface area contributed by atoms with E-state index in [0.29, 0.717) is 0 Å². The van der Waals surface area contributed by atoms with Crippen molar-refractivity contribution in [1.29, 1.82) is 0 Å². The highest BCUT2D eigenvalue weighted by Crippen LogP contribution is 2.19. The number of benzene rings is 1. The van der Waals surface area contributed by atoms with Gasteiger partial charge >= 0.3 is 5.97 Å². The summed E-state index contributed by atoms with van der Waals surface area (Å²) in [6.45, 7) is 1.35. The largest absolute Gasteiger partial charge is 0.480 e. The van der Waals surface area contributed by atoms with Crippen molar-refractivity contribution in [2.45, 2.75) is 37.6 Å². The number of H-pyrrole nitrogens is 1. The van der Waals surface area contributed by atoms with E-state index in [1.807, 2.05) is 24.3 Å². The van der Waals surface area contributed by atoms with Crippen LogP contribution < -0.4 is 16.4 Å². The van der Waals surface area contributed by atoms with Gasteiger partial charge in [-0.05, 0) is 18.6 Å². The van der Waals surface area contributed by atoms with Gasteiger partial charge in [0.25, 0.3) is 0 Å². The second kappa shape index (κ2) is 9.58. The number of aromatic amines is 1. The second-order valence-corrected chi connectivity index (χ2v) is 6.84. The van der Waals surface area contributed by atoms with Crippen LogP contribution in [0.4, 0.5) is 0 Å². The van der Waals surface area contributed by atoms with Crippen molar-refractivity contribution in [2.75, 3.05) is 5.75 Å². The number of thiol groups is 1. The first-order valence-electron chi connectivity index (χ1n) is 8.67. The molecule has 0 fully saturated rings. The lowest BCUT2D eigenvalue weighted by molar-refractivity contribution is -0.142. The predicted molar refractivity (Wildman–Crippen MR) is 107 cm³/mol. The fourth-order valence-electron chi connectivity index (χ4n) is 2.67. The van der Waals surface area contributed by atoms with Gasteiger partial charge in [0.2, 0.25) is 11.8 Å². The first kappa shape index (κ1) is 21.7. The quantitative estimate of drug-likeness (QED) is 0.275. The van der Waals surface area contributed by atoms with Crippen LogP contribution in [0.15, 0.2) is 30.5 Å². The van der Waals surface area contributed by atoms with Crippen molar-refractivity contribution in [3.8, 4) is 0 Å². The summed E-state index contributed by atoms with van der Waals surface area (Å²) < 4.78 is 0. The maximum atomic E-state index is 12.5. The van der Waals surface area contributed by atoms with E-state index in [0.717, 1.165) is 16.5 Å². The van der Waals surface area contributed by atoms with Crippen LogP contribution in [-0.4, -0.2) is 63.0 Å². The van der Waals surface area contributed by atoms with E-state index >= 15 is 0 Å². The molecule has 0 aliphatic carbocycles. The van der Waals surface area contributed by atoms with Crippen molar-refractivity contribution in [1.82, 2.24) is 15.6 Å². The molecule has 4 atom stereocenters. The maximum Gasteiger partial charge on any atom is 0.326 e. The van der Waals surface area contributed by atoms with Gasteiger partial charge in [-0.2, -0.15) is 12.6 Å². The summed E-state index contributed by atoms with van der Waals surface area (Å²) in [7, 11) is 0. The SMILES string of the molecule is CC(O)C(N)C(=O)NC(CS)C(=O)NC(Cc1c[nH]c2ccccc12)C(=O)O. The molecular formula is C18H24N4O5S. The topological polar surface area (TPSA) is 158 Å². The number of carboxylic acids is 1. The third-order valence-electron chi connectivity index (χ3n) is 4.35. The van der Waals surface area contributed by atoms with Crippen LogP contribution in [-0.2, 0) is 20.8 Å². The fraction of sp³-hybridized carbons (Fsp3) is 0.389. The number of amides is 2. The van der Waals surface area contributed by atoms with Crippen molar-refractivity contribution in [3.63, 3.8) is 0 Å². The summed E-state index contributed by atoms with van der Waals surface area (Å²) in [6, 6.07) is 3.92. The smallest absolute Gasteiger partial charge is 0.326 e. The van der Waals surface area contributed by atoms with Gasteiger partial charge in [-0.3, -0.25) is 9.59 Å². The molecule has 28 heavy (non-hydrogen) atoms. The number of aliphatic hydroxyl groups is 1. The Balaban J connectivity index is 2.08. The molecule has 7 N–H and O–H groups in total. The lowest BCUT2D eigenvalue weighted by Crippen LogP contribution is -2.57. The van der Waals surface area contributed by atoms with E-state index in [9.17, 15) is 24.6 Å². The Morgan fingerprint density at radius 2 is 1.82 bits per heavy atom. The number of carbonyl (C=O) groups excluding carboxylic acids is 2. The van der Waals surface area contributed by atoms with Crippen LogP contribution in [0.2, 0.25) is 0 Å². The number of aliphatic carboxylic acids is 1. The highest BCUT2D eigenvalue weighted by molar-refractivity contribution is 7.80. The summed E-state index contributed by atoms with van der Waals surface area (Å²) in [5, 5.41) is 24.5. The molecule has 1 heterocycles. The van der Waals surface area contributed by atoms with Gasteiger partial charge in [0.15, 0.2) is 0 Å². The van der Waals surface area contributed by atoms with Crippen LogP contribution in [0.3, 0.4) is 0 Å². The zero-order chi connectivity index (χ0) is 20.8. The number of para-hydroxylation sites is 1. The Labute approximate surface area is 167 Å². The number of fused-ring (bicyclic) bond motifs is 1. The van der Waals surface area contributed by atoms with Crippen LogP contribution in [0.1, 0.15) is 12.5 Å². The van der Waals surface area contributed by atoms with E-state index in [1.165, 1.54) is 6.92 Å². The zero-order valence-corrected chi connectivity index (χ0v) is 16.1. The normalized spacial score (nSPS) is 15.4. The van der Waals surface area contributed by atoms with Crippen LogP contribution in [0, 0.1) is 0 Å². The second-order valence-electron chi connectivity index (χ2n) is 6.47. The molecule has 152 valence electrons. The predicted octanol–water partition coefficient (Wildman–Crippen LogP) is -0.597. The molecule has 2 aromatic rings. The van der Waals surface area contributed by atoms with Gasteiger partial charge in [-0.1, -0.05) is 18.2 Å². The van der Waals surface area contributed by atoms with Crippen molar-refractivity contribution >= 4 is 41.3 Å². The minimum absolute atomic E-state index is 0.0610. The molecule has 2 amide bonds. The van der Waals surface area contributed by atoms with Gasteiger partial charge in [-0.15, -0.1) is 0 Å². The number of nitrogens with one attached hydrogen (secondary N) is 3. The minimum Gasteiger partial charge on any atom is -0.480 e. The molecule has 0 aliphatic heterocycles. The van der Waals surface area contributed by atoms with E-state index in [1.54, 1.807) is 6.20 Å². The molecule has 0 radical (unpaired) electrons. The molecule has 0 saturated heterocycles. The number of nitrogens with two attached hydrogens (primary N) is 1. The van der Waals surface area contributed by atoms with Crippen LogP contribution >= 0.6 is 12.6 Å². The molecule has 4 unspecified atom stereocenters. The lowest BCUT2D eigenvalue weighted by Gasteiger charge is -2.22. The van der Waals surface area contributed by atoms with Gasteiger partial charge in [0.1, 0.15) is 18.1 Å². The monoisotopic (exact) mass is 408 g/mol. The number of aromatic nitrogens is 1. The summed E-state index contributed by atoms with van der Waals surface area (Å²) in [4.78, 5) is 39.1. The Hall–Kier alpha value is -2.56. The summed E-state index contributed by atoms with van der Waals surface area (Å²) in [6.07, 6.45) is 0.662.